The van der Waals surface area contributed by atoms with E-state index in [1.165, 1.54) is 70.3 Å². The third kappa shape index (κ3) is 14.3. The Labute approximate surface area is 134 Å². The van der Waals surface area contributed by atoms with Crippen LogP contribution in [0.5, 0.6) is 0 Å². The summed E-state index contributed by atoms with van der Waals surface area (Å²) in [4.78, 5) is 0. The zero-order chi connectivity index (χ0) is 17.6. The van der Waals surface area contributed by atoms with Gasteiger partial charge < -0.3 is 15.9 Å². The second kappa shape index (κ2) is 16.0. The lowest BCUT2D eigenvalue weighted by Gasteiger charge is -2.11. The normalized spacial score (nSPS) is 16.8. The van der Waals surface area contributed by atoms with Crippen LogP contribution in [0.25, 0.3) is 0 Å². The quantitative estimate of drug-likeness (QED) is 0.244. The predicted molar refractivity (Wildman–Crippen MR) is 91.3 cm³/mol. The van der Waals surface area contributed by atoms with Crippen LogP contribution in [0.1, 0.15) is 86.7 Å². The first kappa shape index (κ1) is 17.0. The maximum atomic E-state index is 9.62. The summed E-state index contributed by atoms with van der Waals surface area (Å²) in [6.07, 6.45) is 17.3. The molecule has 2 atom stereocenters. The average molecular weight is 303 g/mol. The molecule has 0 unspecified atom stereocenters. The lowest BCUT2D eigenvalue weighted by Crippen LogP contribution is -2.36. The van der Waals surface area contributed by atoms with E-state index in [2.05, 4.69) is 6.92 Å². The molecule has 0 bridgehead atoms. The number of unbranched alkanes of at least 4 members (excludes halogenated alkanes) is 11. The molecule has 0 aliphatic heterocycles. The molecule has 0 fully saturated rings. The highest BCUT2D eigenvalue weighted by molar-refractivity contribution is 4.93. The molecule has 0 aromatic heterocycles. The van der Waals surface area contributed by atoms with Crippen molar-refractivity contribution < 1.29 is 13.0 Å². The summed E-state index contributed by atoms with van der Waals surface area (Å²) in [5.41, 5.74) is 5.42. The summed E-state index contributed by atoms with van der Waals surface area (Å²) in [6, 6.07) is -1.31. The molecule has 0 aromatic carbocycles. The SMILES string of the molecule is [2H][13C]([2H])(O)[13C@@H](N)[C@H](O)/C=C/CCCCCCCCCCCCC. The highest BCUT2D eigenvalue weighted by Gasteiger charge is 2.08. The summed E-state index contributed by atoms with van der Waals surface area (Å²) in [5, 5.41) is 18.7. The molecule has 0 aromatic rings. The van der Waals surface area contributed by atoms with E-state index >= 15 is 0 Å². The number of nitrogens with two attached hydrogens (primary N) is 1. The van der Waals surface area contributed by atoms with Gasteiger partial charge in [-0.05, 0) is 12.8 Å². The molecular weight excluding hydrogens is 264 g/mol. The first-order valence-corrected chi connectivity index (χ1v) is 8.72. The Balaban J connectivity index is 3.41. The van der Waals surface area contributed by atoms with E-state index in [1.807, 2.05) is 6.08 Å². The number of hydrogen-bond acceptors (Lipinski definition) is 3. The Morgan fingerprint density at radius 2 is 1.43 bits per heavy atom. The topological polar surface area (TPSA) is 66.5 Å². The smallest absolute Gasteiger partial charge is 0.0894 e. The van der Waals surface area contributed by atoms with Gasteiger partial charge >= 0.3 is 0 Å². The summed E-state index contributed by atoms with van der Waals surface area (Å²) in [5.74, 6) is 0. The minimum atomic E-state index is -2.56. The van der Waals surface area contributed by atoms with Crippen molar-refractivity contribution in [3.8, 4) is 0 Å². The van der Waals surface area contributed by atoms with Crippen molar-refractivity contribution in [1.29, 1.82) is 0 Å². The highest BCUT2D eigenvalue weighted by Crippen LogP contribution is 2.12. The van der Waals surface area contributed by atoms with E-state index < -0.39 is 18.7 Å². The fourth-order valence-electron chi connectivity index (χ4n) is 2.36. The van der Waals surface area contributed by atoms with Crippen molar-refractivity contribution in [3.63, 3.8) is 0 Å². The van der Waals surface area contributed by atoms with Gasteiger partial charge in [-0.3, -0.25) is 0 Å². The molecule has 0 radical (unpaired) electrons. The van der Waals surface area contributed by atoms with Crippen LogP contribution in [0.2, 0.25) is 0 Å². The molecule has 0 saturated carbocycles. The number of rotatable bonds is 15. The van der Waals surface area contributed by atoms with Crippen molar-refractivity contribution in [2.75, 3.05) is 6.56 Å². The van der Waals surface area contributed by atoms with E-state index in [4.69, 9.17) is 13.6 Å². The van der Waals surface area contributed by atoms with Crippen LogP contribution < -0.4 is 5.73 Å². The molecule has 0 amide bonds. The second-order valence-corrected chi connectivity index (χ2v) is 5.90. The Morgan fingerprint density at radius 1 is 0.952 bits per heavy atom. The Bertz CT molecular complexity index is 293. The molecule has 0 heterocycles. The first-order valence-electron chi connectivity index (χ1n) is 9.72. The van der Waals surface area contributed by atoms with Gasteiger partial charge in [0, 0.05) is 0 Å². The van der Waals surface area contributed by atoms with Gasteiger partial charge in [0.25, 0.3) is 0 Å². The molecular formula is C18H37NO2. The largest absolute Gasteiger partial charge is 0.395 e. The third-order valence-electron chi connectivity index (χ3n) is 3.82. The lowest BCUT2D eigenvalue weighted by molar-refractivity contribution is 0.144. The van der Waals surface area contributed by atoms with Crippen LogP contribution in [0.3, 0.4) is 0 Å². The molecule has 3 nitrogen and oxygen atoms in total. The van der Waals surface area contributed by atoms with E-state index in [0.29, 0.717) is 0 Å². The first-order chi connectivity index (χ1) is 10.9. The van der Waals surface area contributed by atoms with Crippen molar-refractivity contribution in [2.24, 2.45) is 5.73 Å². The standard InChI is InChI=1S/C18H37NO2/c1-2-3-4-5-6-7-8-9-10-11-12-13-14-15-18(21)17(19)16-20/h14-15,17-18,20-21H,2-13,16,19H2,1H3/b15-14+/t17-,18-/m1/s1/i16+1D2,17+1. The van der Waals surface area contributed by atoms with E-state index in [-0.39, 0.29) is 0 Å². The van der Waals surface area contributed by atoms with E-state index in [0.717, 1.165) is 12.8 Å². The molecule has 0 rings (SSSR count). The molecule has 0 saturated heterocycles. The minimum Gasteiger partial charge on any atom is -0.395 e. The molecule has 0 spiro atoms. The van der Waals surface area contributed by atoms with Gasteiger partial charge in [0.05, 0.1) is 21.4 Å². The minimum absolute atomic E-state index is 0.856. The Kier molecular flexibility index (Phi) is 12.9. The maximum absolute atomic E-state index is 9.62. The van der Waals surface area contributed by atoms with Crippen LogP contribution in [-0.4, -0.2) is 28.9 Å². The summed E-state index contributed by atoms with van der Waals surface area (Å²) in [7, 11) is 0. The van der Waals surface area contributed by atoms with Crippen molar-refractivity contribution in [2.45, 2.75) is 96.1 Å². The second-order valence-electron chi connectivity index (χ2n) is 5.90. The molecule has 0 aliphatic carbocycles. The fraction of sp³-hybridized carbons (Fsp3) is 0.889. The molecule has 4 N–H and O–H groups in total. The summed E-state index contributed by atoms with van der Waals surface area (Å²) >= 11 is 0. The molecule has 126 valence electrons. The van der Waals surface area contributed by atoms with Crippen LogP contribution in [0.4, 0.5) is 0 Å². The lowest BCUT2D eigenvalue weighted by atomic mass is 10.1. The number of aliphatic hydroxyl groups excluding tert-OH is 1. The van der Waals surface area contributed by atoms with E-state index in [1.54, 1.807) is 0 Å². The van der Waals surface area contributed by atoms with Gasteiger partial charge in [0.15, 0.2) is 0 Å². The molecule has 21 heavy (non-hydrogen) atoms. The van der Waals surface area contributed by atoms with Gasteiger partial charge in [-0.15, -0.1) is 0 Å². The number of allylic oxidation sites excluding steroid dienone is 1. The summed E-state index contributed by atoms with van der Waals surface area (Å²) < 4.78 is 14.1. The van der Waals surface area contributed by atoms with Crippen LogP contribution in [0, 0.1) is 0 Å². The number of hydrogen-bond donors (Lipinski definition) is 3. The highest BCUT2D eigenvalue weighted by atomic mass is 16.3. The van der Waals surface area contributed by atoms with E-state index in [9.17, 15) is 5.11 Å². The summed E-state index contributed by atoms with van der Waals surface area (Å²) in [6.45, 7) is -0.310. The van der Waals surface area contributed by atoms with Gasteiger partial charge in [-0.1, -0.05) is 83.3 Å². The van der Waals surface area contributed by atoms with Crippen molar-refractivity contribution in [3.05, 3.63) is 12.2 Å². The van der Waals surface area contributed by atoms with Gasteiger partial charge in [0.2, 0.25) is 0 Å². The Hall–Kier alpha value is -0.380. The molecule has 0 aliphatic rings. The fourth-order valence-corrected chi connectivity index (χ4v) is 2.36. The Morgan fingerprint density at radius 3 is 1.90 bits per heavy atom. The monoisotopic (exact) mass is 303 g/mol. The third-order valence-corrected chi connectivity index (χ3v) is 3.82. The van der Waals surface area contributed by atoms with Gasteiger partial charge in [0.1, 0.15) is 0 Å². The van der Waals surface area contributed by atoms with Gasteiger partial charge in [-0.25, -0.2) is 0 Å². The van der Waals surface area contributed by atoms with Crippen LogP contribution in [0.15, 0.2) is 12.2 Å². The number of aliphatic hydroxyl groups is 2. The van der Waals surface area contributed by atoms with Crippen molar-refractivity contribution >= 4 is 0 Å². The van der Waals surface area contributed by atoms with Crippen molar-refractivity contribution in [1.82, 2.24) is 0 Å². The predicted octanol–water partition coefficient (Wildman–Crippen LogP) is 3.92. The van der Waals surface area contributed by atoms with Gasteiger partial charge in [-0.2, -0.15) is 0 Å². The van der Waals surface area contributed by atoms with Crippen LogP contribution >= 0.6 is 0 Å². The zero-order valence-corrected chi connectivity index (χ0v) is 13.8. The zero-order valence-electron chi connectivity index (χ0n) is 15.8. The maximum Gasteiger partial charge on any atom is 0.0894 e. The average Bonchev–Trinajstić information content (AvgIpc) is 2.50. The van der Waals surface area contributed by atoms with Crippen LogP contribution in [-0.2, 0) is 0 Å². The molecule has 3 heteroatoms.